The lowest BCUT2D eigenvalue weighted by Crippen LogP contribution is -2.44. The van der Waals surface area contributed by atoms with Gasteiger partial charge in [-0.15, -0.1) is 0 Å². The van der Waals surface area contributed by atoms with Crippen molar-refractivity contribution >= 4 is 6.29 Å². The summed E-state index contributed by atoms with van der Waals surface area (Å²) in [4.78, 5) is 13.6. The highest BCUT2D eigenvalue weighted by molar-refractivity contribution is 5.50. The van der Waals surface area contributed by atoms with Gasteiger partial charge >= 0.3 is 18.5 Å². The van der Waals surface area contributed by atoms with Crippen LogP contribution in [0.2, 0.25) is 0 Å². The Morgan fingerprint density at radius 2 is 1.30 bits per heavy atom. The molecule has 8 unspecified atom stereocenters. The average Bonchev–Trinajstić information content (AvgIpc) is 3.14. The molecule has 1 heterocycles. The molecule has 0 amide bonds. The van der Waals surface area contributed by atoms with Gasteiger partial charge < -0.3 is 4.79 Å². The van der Waals surface area contributed by atoms with E-state index in [1.807, 2.05) is 0 Å². The first-order valence-corrected chi connectivity index (χ1v) is 13.5. The van der Waals surface area contributed by atoms with Gasteiger partial charge in [-0.25, -0.2) is 0 Å². The molecule has 0 spiro atoms. The maximum absolute atomic E-state index is 13.5. The fourth-order valence-electron chi connectivity index (χ4n) is 8.13. The molecule has 2 nitrogen and oxygen atoms in total. The van der Waals surface area contributed by atoms with Crippen molar-refractivity contribution in [3.63, 3.8) is 0 Å². The van der Waals surface area contributed by atoms with Gasteiger partial charge in [0.25, 0.3) is 0 Å². The number of aldehydes is 1. The number of halogens is 9. The second-order valence-electron chi connectivity index (χ2n) is 12.1. The van der Waals surface area contributed by atoms with Crippen LogP contribution in [0.4, 0.5) is 39.5 Å². The molecule has 8 atom stereocenters. The zero-order chi connectivity index (χ0) is 27.2. The van der Waals surface area contributed by atoms with Crippen LogP contribution in [0.3, 0.4) is 0 Å². The number of carbonyl (C=O) groups excluding carboxylic acids is 1. The molecule has 0 bridgehead atoms. The minimum absolute atomic E-state index is 0.0212. The quantitative estimate of drug-likeness (QED) is 0.258. The fourth-order valence-corrected chi connectivity index (χ4v) is 8.13. The molecule has 11 heteroatoms. The molecule has 0 aromatic rings. The first-order chi connectivity index (χ1) is 17.2. The molecule has 1 saturated heterocycles. The number of likely N-dealkylation sites (tertiary alicyclic amines) is 1. The van der Waals surface area contributed by atoms with E-state index in [0.717, 1.165) is 6.29 Å². The lowest BCUT2D eigenvalue weighted by Gasteiger charge is -2.45. The zero-order valence-corrected chi connectivity index (χ0v) is 20.7. The summed E-state index contributed by atoms with van der Waals surface area (Å²) in [6.07, 6.45) is -11.0. The van der Waals surface area contributed by atoms with Crippen LogP contribution in [0.15, 0.2) is 0 Å². The van der Waals surface area contributed by atoms with Gasteiger partial charge in [-0.3, -0.25) is 4.90 Å². The first kappa shape index (κ1) is 29.0. The number of hydrogen-bond donors (Lipinski definition) is 0. The molecule has 0 radical (unpaired) electrons. The SMILES string of the molecule is O=CCC1CN(CC2CCCC(C(F)(F)F)C2)C2CCC(C3CC(C(F)(F)F)CC(C(F)(F)F)C3)CC12. The molecule has 214 valence electrons. The Balaban J connectivity index is 1.44. The predicted octanol–water partition coefficient (Wildman–Crippen LogP) is 7.82. The molecule has 37 heavy (non-hydrogen) atoms. The molecule has 4 rings (SSSR count). The molecular weight excluding hydrogens is 513 g/mol. The van der Waals surface area contributed by atoms with Crippen molar-refractivity contribution in [1.82, 2.24) is 4.90 Å². The molecule has 0 aromatic heterocycles. The highest BCUT2D eigenvalue weighted by atomic mass is 19.4. The molecule has 4 fully saturated rings. The van der Waals surface area contributed by atoms with Crippen molar-refractivity contribution in [1.29, 1.82) is 0 Å². The van der Waals surface area contributed by atoms with Gasteiger partial charge in [-0.05, 0) is 87.4 Å². The second kappa shape index (κ2) is 10.9. The van der Waals surface area contributed by atoms with Gasteiger partial charge in [-0.1, -0.05) is 6.42 Å². The summed E-state index contributed by atoms with van der Waals surface area (Å²) in [6, 6.07) is 0.0212. The highest BCUT2D eigenvalue weighted by Crippen LogP contribution is 2.54. The van der Waals surface area contributed by atoms with Crippen molar-refractivity contribution in [3.05, 3.63) is 0 Å². The minimum atomic E-state index is -4.67. The lowest BCUT2D eigenvalue weighted by molar-refractivity contribution is -0.231. The summed E-state index contributed by atoms with van der Waals surface area (Å²) in [5.41, 5.74) is 0. The van der Waals surface area contributed by atoms with E-state index in [9.17, 15) is 44.3 Å². The molecule has 4 aliphatic rings. The third kappa shape index (κ3) is 6.78. The van der Waals surface area contributed by atoms with E-state index < -0.39 is 48.6 Å². The van der Waals surface area contributed by atoms with Crippen LogP contribution in [0, 0.1) is 47.3 Å². The van der Waals surface area contributed by atoms with Gasteiger partial charge in [0.05, 0.1) is 17.8 Å². The van der Waals surface area contributed by atoms with Crippen molar-refractivity contribution in [2.45, 2.75) is 95.2 Å². The van der Waals surface area contributed by atoms with Gasteiger partial charge in [0.15, 0.2) is 0 Å². The third-order valence-electron chi connectivity index (χ3n) is 9.92. The largest absolute Gasteiger partial charge is 0.391 e. The smallest absolute Gasteiger partial charge is 0.303 e. The summed E-state index contributed by atoms with van der Waals surface area (Å²) in [5.74, 6) is -6.37. The van der Waals surface area contributed by atoms with Crippen LogP contribution in [-0.4, -0.2) is 48.8 Å². The molecule has 3 saturated carbocycles. The van der Waals surface area contributed by atoms with E-state index in [1.54, 1.807) is 0 Å². The molecule has 1 aliphatic heterocycles. The lowest BCUT2D eigenvalue weighted by atomic mass is 9.63. The average molecular weight is 550 g/mol. The van der Waals surface area contributed by atoms with Crippen molar-refractivity contribution in [2.75, 3.05) is 13.1 Å². The second-order valence-corrected chi connectivity index (χ2v) is 12.1. The molecule has 0 N–H and O–H groups in total. The van der Waals surface area contributed by atoms with Crippen LogP contribution in [0.5, 0.6) is 0 Å². The third-order valence-corrected chi connectivity index (χ3v) is 9.92. The summed E-state index contributed by atoms with van der Waals surface area (Å²) in [6.45, 7) is 1.05. The Morgan fingerprint density at radius 1 is 0.676 bits per heavy atom. The summed E-state index contributed by atoms with van der Waals surface area (Å²) < 4.78 is 121. The van der Waals surface area contributed by atoms with Crippen LogP contribution in [0.1, 0.15) is 70.6 Å². The van der Waals surface area contributed by atoms with E-state index >= 15 is 0 Å². The summed E-state index contributed by atoms with van der Waals surface area (Å²) >= 11 is 0. The topological polar surface area (TPSA) is 20.3 Å². The molecule has 3 aliphatic carbocycles. The summed E-state index contributed by atoms with van der Waals surface area (Å²) in [5, 5.41) is 0. The standard InChI is InChI=1S/C26H36F9NO/c27-24(28,29)19-3-1-2-15(8-19)13-36-14-17(6-7-37)22-11-16(4-5-23(22)36)18-9-20(25(30,31)32)12-21(10-18)26(33,34)35/h7,15-23H,1-6,8-14H2. The van der Waals surface area contributed by atoms with Gasteiger partial charge in [-0.2, -0.15) is 39.5 Å². The van der Waals surface area contributed by atoms with Crippen LogP contribution >= 0.6 is 0 Å². The Labute approximate surface area is 211 Å². The van der Waals surface area contributed by atoms with E-state index in [-0.39, 0.29) is 61.8 Å². The molecular formula is C26H36F9NO. The fraction of sp³-hybridized carbons (Fsp3) is 0.962. The monoisotopic (exact) mass is 549 g/mol. The first-order valence-electron chi connectivity index (χ1n) is 13.5. The van der Waals surface area contributed by atoms with Gasteiger partial charge in [0.2, 0.25) is 0 Å². The number of fused-ring (bicyclic) bond motifs is 1. The van der Waals surface area contributed by atoms with Gasteiger partial charge in [0, 0.05) is 25.6 Å². The predicted molar refractivity (Wildman–Crippen MR) is 118 cm³/mol. The number of hydrogen-bond acceptors (Lipinski definition) is 2. The van der Waals surface area contributed by atoms with E-state index in [0.29, 0.717) is 45.2 Å². The van der Waals surface area contributed by atoms with Crippen LogP contribution in [0.25, 0.3) is 0 Å². The zero-order valence-electron chi connectivity index (χ0n) is 20.7. The number of alkyl halides is 9. The Morgan fingerprint density at radius 3 is 1.86 bits per heavy atom. The normalized spacial score (nSPS) is 40.4. The maximum Gasteiger partial charge on any atom is 0.391 e. The molecule has 0 aromatic carbocycles. The Kier molecular flexibility index (Phi) is 8.52. The van der Waals surface area contributed by atoms with Crippen molar-refractivity contribution in [3.8, 4) is 0 Å². The van der Waals surface area contributed by atoms with Crippen LogP contribution in [-0.2, 0) is 4.79 Å². The van der Waals surface area contributed by atoms with Crippen molar-refractivity contribution < 1.29 is 44.3 Å². The summed E-state index contributed by atoms with van der Waals surface area (Å²) in [7, 11) is 0. The number of rotatable bonds is 5. The van der Waals surface area contributed by atoms with Gasteiger partial charge in [0.1, 0.15) is 6.29 Å². The van der Waals surface area contributed by atoms with E-state index in [2.05, 4.69) is 4.90 Å². The van der Waals surface area contributed by atoms with Crippen molar-refractivity contribution in [2.24, 2.45) is 47.3 Å². The highest BCUT2D eigenvalue weighted by Gasteiger charge is 2.54. The maximum atomic E-state index is 13.5. The van der Waals surface area contributed by atoms with Crippen LogP contribution < -0.4 is 0 Å². The number of carbonyl (C=O) groups is 1. The number of nitrogens with zero attached hydrogens (tertiary/aromatic N) is 1. The van der Waals surface area contributed by atoms with E-state index in [4.69, 9.17) is 0 Å². The Hall–Kier alpha value is -1.00. The minimum Gasteiger partial charge on any atom is -0.303 e. The van der Waals surface area contributed by atoms with E-state index in [1.165, 1.54) is 0 Å². The Bertz CT molecular complexity index is 757.